The van der Waals surface area contributed by atoms with Crippen LogP contribution < -0.4 is 9.84 Å². The van der Waals surface area contributed by atoms with Crippen LogP contribution in [0.25, 0.3) is 6.08 Å². The second-order valence-electron chi connectivity index (χ2n) is 5.18. The fourth-order valence-electron chi connectivity index (χ4n) is 2.26. The molecule has 0 unspecified atom stereocenters. The van der Waals surface area contributed by atoms with Crippen molar-refractivity contribution in [2.24, 2.45) is 0 Å². The molecule has 1 heterocycles. The molecule has 1 fully saturated rings. The van der Waals surface area contributed by atoms with Crippen LogP contribution in [0.1, 0.15) is 12.0 Å². The number of ether oxygens (including phenoxy) is 1. The fourth-order valence-corrected chi connectivity index (χ4v) is 4.07. The van der Waals surface area contributed by atoms with Gasteiger partial charge in [-0.3, -0.25) is 9.69 Å². The summed E-state index contributed by atoms with van der Waals surface area (Å²) in [4.78, 5) is 25.5. The highest BCUT2D eigenvalue weighted by atomic mass is 32.2. The fraction of sp³-hybridized carbons (Fsp3) is 0.294. The van der Waals surface area contributed by atoms with E-state index in [1.807, 2.05) is 12.3 Å². The first kappa shape index (κ1) is 20.3. The van der Waals surface area contributed by atoms with Crippen LogP contribution in [0.4, 0.5) is 0 Å². The molecule has 1 amide bonds. The molecule has 6 nitrogen and oxygen atoms in total. The molecule has 0 bridgehead atoms. The average Bonchev–Trinajstić information content (AvgIpc) is 2.89. The molecule has 0 N–H and O–H groups in total. The number of hydrogen-bond acceptors (Lipinski definition) is 8. The van der Waals surface area contributed by atoms with Crippen LogP contribution in [0.3, 0.4) is 0 Å². The van der Waals surface area contributed by atoms with Gasteiger partial charge >= 0.3 is 0 Å². The number of thiocarbonyl (C=S) groups is 1. The van der Waals surface area contributed by atoms with Crippen LogP contribution in [0.15, 0.2) is 29.2 Å². The molecule has 0 aliphatic carbocycles. The molecule has 1 atom stereocenters. The lowest BCUT2D eigenvalue weighted by Crippen LogP contribution is -2.50. The third kappa shape index (κ3) is 5.00. The van der Waals surface area contributed by atoms with E-state index >= 15 is 0 Å². The summed E-state index contributed by atoms with van der Waals surface area (Å²) in [7, 11) is 0. The molecular formula is C17H15N2O4S3-. The number of carbonyl (C=O) groups is 2. The third-order valence-corrected chi connectivity index (χ3v) is 5.46. The molecule has 9 heteroatoms. The Morgan fingerprint density at radius 1 is 1.50 bits per heavy atom. The van der Waals surface area contributed by atoms with Crippen molar-refractivity contribution in [3.63, 3.8) is 0 Å². The number of carbonyl (C=O) groups excluding carboxylic acids is 2. The Morgan fingerprint density at radius 3 is 2.77 bits per heavy atom. The van der Waals surface area contributed by atoms with E-state index in [0.29, 0.717) is 16.4 Å². The van der Waals surface area contributed by atoms with Gasteiger partial charge in [0, 0.05) is 0 Å². The monoisotopic (exact) mass is 407 g/mol. The van der Waals surface area contributed by atoms with Gasteiger partial charge in [0.25, 0.3) is 5.91 Å². The number of aliphatic carboxylic acids is 1. The van der Waals surface area contributed by atoms with Crippen molar-refractivity contribution in [2.75, 3.05) is 18.6 Å². The van der Waals surface area contributed by atoms with E-state index in [1.54, 1.807) is 30.3 Å². The number of rotatable bonds is 8. The van der Waals surface area contributed by atoms with Gasteiger partial charge in [0.2, 0.25) is 0 Å². The van der Waals surface area contributed by atoms with Crippen molar-refractivity contribution in [3.05, 3.63) is 34.7 Å². The summed E-state index contributed by atoms with van der Waals surface area (Å²) in [6.45, 7) is -0.0430. The molecule has 0 spiro atoms. The van der Waals surface area contributed by atoms with E-state index in [-0.39, 0.29) is 17.3 Å². The number of nitriles is 1. The lowest BCUT2D eigenvalue weighted by atomic mass is 10.1. The maximum Gasteiger partial charge on any atom is 0.266 e. The van der Waals surface area contributed by atoms with Gasteiger partial charge in [-0.25, -0.2) is 0 Å². The minimum atomic E-state index is -1.31. The van der Waals surface area contributed by atoms with E-state index in [1.165, 1.54) is 11.8 Å². The van der Waals surface area contributed by atoms with E-state index in [4.69, 9.17) is 22.2 Å². The van der Waals surface area contributed by atoms with E-state index < -0.39 is 17.9 Å². The quantitative estimate of drug-likeness (QED) is 0.474. The highest BCUT2D eigenvalue weighted by Gasteiger charge is 2.37. The first-order valence-electron chi connectivity index (χ1n) is 7.54. The zero-order valence-electron chi connectivity index (χ0n) is 13.8. The van der Waals surface area contributed by atoms with Crippen LogP contribution >= 0.6 is 35.7 Å². The van der Waals surface area contributed by atoms with Crippen LogP contribution in [0, 0.1) is 11.3 Å². The maximum atomic E-state index is 12.6. The molecule has 26 heavy (non-hydrogen) atoms. The summed E-state index contributed by atoms with van der Waals surface area (Å²) in [5.74, 6) is -0.611. The first-order chi connectivity index (χ1) is 12.5. The van der Waals surface area contributed by atoms with Crippen molar-refractivity contribution in [2.45, 2.75) is 12.5 Å². The van der Waals surface area contributed by atoms with Gasteiger partial charge in [-0.05, 0) is 42.2 Å². The summed E-state index contributed by atoms with van der Waals surface area (Å²) in [5, 5.41) is 19.9. The maximum absolute atomic E-state index is 12.6. The third-order valence-electron chi connectivity index (χ3n) is 3.48. The Kier molecular flexibility index (Phi) is 7.50. The summed E-state index contributed by atoms with van der Waals surface area (Å²) < 4.78 is 5.39. The van der Waals surface area contributed by atoms with E-state index in [9.17, 15) is 14.7 Å². The van der Waals surface area contributed by atoms with Crippen LogP contribution in [-0.2, 0) is 9.59 Å². The lowest BCUT2D eigenvalue weighted by Gasteiger charge is -2.27. The van der Waals surface area contributed by atoms with Crippen molar-refractivity contribution in [1.29, 1.82) is 5.26 Å². The minimum Gasteiger partial charge on any atom is -0.548 e. The van der Waals surface area contributed by atoms with Gasteiger partial charge < -0.3 is 14.6 Å². The van der Waals surface area contributed by atoms with Crippen LogP contribution in [-0.4, -0.2) is 45.8 Å². The zero-order chi connectivity index (χ0) is 19.1. The Labute approximate surface area is 165 Å². The Bertz CT molecular complexity index is 771. The number of carboxylic acids is 1. The van der Waals surface area contributed by atoms with Crippen molar-refractivity contribution in [1.82, 2.24) is 4.90 Å². The smallest absolute Gasteiger partial charge is 0.266 e. The number of carboxylic acid groups (broad SMARTS) is 1. The molecule has 1 aliphatic rings. The summed E-state index contributed by atoms with van der Waals surface area (Å²) in [6.07, 6.45) is 3.78. The first-order valence-corrected chi connectivity index (χ1v) is 10.2. The zero-order valence-corrected chi connectivity index (χ0v) is 16.3. The lowest BCUT2D eigenvalue weighted by molar-refractivity contribution is -0.310. The summed E-state index contributed by atoms with van der Waals surface area (Å²) in [6, 6.07) is 7.67. The van der Waals surface area contributed by atoms with Crippen molar-refractivity contribution >= 4 is 58.0 Å². The van der Waals surface area contributed by atoms with Gasteiger partial charge in [0.1, 0.15) is 16.1 Å². The second-order valence-corrected chi connectivity index (χ2v) is 7.85. The highest BCUT2D eigenvalue weighted by molar-refractivity contribution is 8.26. The molecule has 1 aromatic rings. The molecule has 0 saturated carbocycles. The highest BCUT2D eigenvalue weighted by Crippen LogP contribution is 2.34. The van der Waals surface area contributed by atoms with E-state index in [2.05, 4.69) is 0 Å². The second kappa shape index (κ2) is 9.62. The van der Waals surface area contributed by atoms with Gasteiger partial charge in [-0.15, -0.1) is 0 Å². The summed E-state index contributed by atoms with van der Waals surface area (Å²) in [5.41, 5.74) is 0.740. The number of nitrogens with zero attached hydrogens (tertiary/aromatic N) is 2. The predicted molar refractivity (Wildman–Crippen MR) is 104 cm³/mol. The number of thioether (sulfide) groups is 2. The molecule has 2 rings (SSSR count). The minimum absolute atomic E-state index is 0.0430. The summed E-state index contributed by atoms with van der Waals surface area (Å²) >= 11 is 7.77. The van der Waals surface area contributed by atoms with Gasteiger partial charge in [-0.1, -0.05) is 36.1 Å². The number of amides is 1. The average molecular weight is 408 g/mol. The predicted octanol–water partition coefficient (Wildman–Crippen LogP) is 1.66. The van der Waals surface area contributed by atoms with E-state index in [0.717, 1.165) is 22.2 Å². The molecule has 1 saturated heterocycles. The largest absolute Gasteiger partial charge is 0.548 e. The molecule has 1 aromatic carbocycles. The van der Waals surface area contributed by atoms with Crippen LogP contribution in [0.5, 0.6) is 5.75 Å². The SMILES string of the molecule is CSCC[C@H](C(=O)[O-])N1C(=O)/C(=C\c2ccc(OCC#N)cc2)SC1=S. The Balaban J connectivity index is 2.17. The molecule has 0 radical (unpaired) electrons. The van der Waals surface area contributed by atoms with Crippen molar-refractivity contribution in [3.8, 4) is 11.8 Å². The van der Waals surface area contributed by atoms with Crippen molar-refractivity contribution < 1.29 is 19.4 Å². The molecule has 0 aromatic heterocycles. The normalized spacial score (nSPS) is 16.6. The molecule has 1 aliphatic heterocycles. The Hall–Kier alpha value is -2.02. The van der Waals surface area contributed by atoms with Gasteiger partial charge in [-0.2, -0.15) is 17.0 Å². The van der Waals surface area contributed by atoms with Crippen LogP contribution in [0.2, 0.25) is 0 Å². The topological polar surface area (TPSA) is 93.5 Å². The number of hydrogen-bond donors (Lipinski definition) is 0. The number of benzene rings is 1. The van der Waals surface area contributed by atoms with Gasteiger partial charge in [0.05, 0.1) is 16.9 Å². The molecule has 136 valence electrons. The molecular weight excluding hydrogens is 392 g/mol. The Morgan fingerprint density at radius 2 is 2.19 bits per heavy atom. The van der Waals surface area contributed by atoms with Gasteiger partial charge in [0.15, 0.2) is 6.61 Å². The standard InChI is InChI=1S/C17H16N2O4S3/c1-25-9-6-13(16(21)22)19-15(20)14(26-17(19)24)10-11-2-4-12(5-3-11)23-8-7-18/h2-5,10,13H,6,8-9H2,1H3,(H,21,22)/p-1/b14-10+/t13-/m1/s1.